The van der Waals surface area contributed by atoms with Crippen LogP contribution in [0.15, 0.2) is 0 Å². The molecule has 148 valence electrons. The minimum atomic E-state index is -0.713. The predicted molar refractivity (Wildman–Crippen MR) is 98.7 cm³/mol. The van der Waals surface area contributed by atoms with Gasteiger partial charge in [0.25, 0.3) is 0 Å². The Labute approximate surface area is 156 Å². The van der Waals surface area contributed by atoms with E-state index in [1.54, 1.807) is 0 Å². The van der Waals surface area contributed by atoms with E-state index in [0.29, 0.717) is 12.8 Å². The molecule has 2 saturated carbocycles. The molecule has 0 amide bonds. The first-order valence-electron chi connectivity index (χ1n) is 9.66. The third-order valence-corrected chi connectivity index (χ3v) is 6.76. The molecule has 8 heteroatoms. The van der Waals surface area contributed by atoms with E-state index >= 15 is 0 Å². The van der Waals surface area contributed by atoms with Crippen molar-refractivity contribution >= 4 is 14.2 Å². The maximum absolute atomic E-state index is 12.8. The zero-order valence-electron chi connectivity index (χ0n) is 17.3. The Kier molecular flexibility index (Phi) is 4.87. The Morgan fingerprint density at radius 3 is 0.923 bits per heavy atom. The number of halogens is 2. The Balaban J connectivity index is 0.000000151. The molecular weight excluding hydrogens is 340 g/mol. The average molecular weight is 372 g/mol. The zero-order valence-corrected chi connectivity index (χ0v) is 17.3. The molecule has 2 heterocycles. The molecule has 4 aliphatic rings. The zero-order chi connectivity index (χ0) is 19.7. The van der Waals surface area contributed by atoms with Crippen LogP contribution in [-0.2, 0) is 18.6 Å². The lowest BCUT2D eigenvalue weighted by Crippen LogP contribution is -2.41. The van der Waals surface area contributed by atoms with E-state index in [-0.39, 0.29) is 48.3 Å². The molecule has 2 aliphatic heterocycles. The highest BCUT2D eigenvalue weighted by Gasteiger charge is 2.61. The average Bonchev–Trinajstić information content (AvgIpc) is 3.31. The summed E-state index contributed by atoms with van der Waals surface area (Å²) in [5, 5.41) is 0. The van der Waals surface area contributed by atoms with Gasteiger partial charge in [0.05, 0.1) is 22.4 Å². The van der Waals surface area contributed by atoms with Gasteiger partial charge in [-0.2, -0.15) is 0 Å². The summed E-state index contributed by atoms with van der Waals surface area (Å²) < 4.78 is 48.3. The second-order valence-corrected chi connectivity index (χ2v) is 10.1. The first-order valence-corrected chi connectivity index (χ1v) is 9.66. The third-order valence-electron chi connectivity index (χ3n) is 6.76. The van der Waals surface area contributed by atoms with E-state index in [0.717, 1.165) is 0 Å². The highest BCUT2D eigenvalue weighted by atomic mass is 19.1. The van der Waals surface area contributed by atoms with E-state index < -0.39 is 12.3 Å². The van der Waals surface area contributed by atoms with Gasteiger partial charge in [0.1, 0.15) is 12.3 Å². The van der Waals surface area contributed by atoms with Gasteiger partial charge >= 0.3 is 14.2 Å². The van der Waals surface area contributed by atoms with Gasteiger partial charge in [-0.3, -0.25) is 0 Å². The molecule has 4 atom stereocenters. The van der Waals surface area contributed by atoms with Crippen molar-refractivity contribution in [1.29, 1.82) is 0 Å². The molecule has 0 bridgehead atoms. The molecule has 4 fully saturated rings. The predicted octanol–water partition coefficient (Wildman–Crippen LogP) is 4.38. The third kappa shape index (κ3) is 3.71. The largest absolute Gasteiger partial charge is 0.464 e. The highest BCUT2D eigenvalue weighted by molar-refractivity contribution is 6.49. The van der Waals surface area contributed by atoms with Crippen LogP contribution in [-0.4, -0.2) is 49.0 Å². The SMILES string of the molecule is CC1(C)OB([C@@H]2C[C@H]2F)OC1(C)C.CC1(C)OB([C@H]2C[C@@H]2F)OC1(C)C. The lowest BCUT2D eigenvalue weighted by atomic mass is 9.82. The van der Waals surface area contributed by atoms with Crippen LogP contribution in [0.5, 0.6) is 0 Å². The topological polar surface area (TPSA) is 36.9 Å². The summed E-state index contributed by atoms with van der Waals surface area (Å²) in [5.41, 5.74) is -1.28. The lowest BCUT2D eigenvalue weighted by molar-refractivity contribution is 0.00578. The van der Waals surface area contributed by atoms with E-state index in [1.807, 2.05) is 55.4 Å². The minimum absolute atomic E-state index is 0.0268. The fraction of sp³-hybridized carbons (Fsp3) is 1.00. The van der Waals surface area contributed by atoms with Gasteiger partial charge in [-0.15, -0.1) is 0 Å². The molecular formula is C18H32B2F2O4. The van der Waals surface area contributed by atoms with Crippen molar-refractivity contribution < 1.29 is 27.4 Å². The van der Waals surface area contributed by atoms with Gasteiger partial charge in [-0.25, -0.2) is 8.78 Å². The van der Waals surface area contributed by atoms with E-state index in [2.05, 4.69) is 0 Å². The van der Waals surface area contributed by atoms with E-state index in [9.17, 15) is 8.78 Å². The number of hydrogen-bond acceptors (Lipinski definition) is 4. The van der Waals surface area contributed by atoms with Gasteiger partial charge in [-0.05, 0) is 68.2 Å². The van der Waals surface area contributed by atoms with Crippen LogP contribution in [0.1, 0.15) is 68.2 Å². The first kappa shape index (κ1) is 20.6. The molecule has 0 spiro atoms. The van der Waals surface area contributed by atoms with Crippen LogP contribution >= 0.6 is 0 Å². The Hall–Kier alpha value is -0.170. The molecule has 0 radical (unpaired) electrons. The molecule has 2 saturated heterocycles. The van der Waals surface area contributed by atoms with E-state index in [1.165, 1.54) is 0 Å². The molecule has 26 heavy (non-hydrogen) atoms. The molecule has 4 nitrogen and oxygen atoms in total. The smallest absolute Gasteiger partial charge is 0.403 e. The van der Waals surface area contributed by atoms with Crippen LogP contribution in [0.2, 0.25) is 11.6 Å². The normalized spacial score (nSPS) is 40.8. The van der Waals surface area contributed by atoms with Crippen molar-refractivity contribution in [2.75, 3.05) is 0 Å². The second-order valence-electron chi connectivity index (χ2n) is 10.1. The van der Waals surface area contributed by atoms with Crippen molar-refractivity contribution in [3.05, 3.63) is 0 Å². The minimum Gasteiger partial charge on any atom is -0.403 e. The summed E-state index contributed by atoms with van der Waals surface area (Å²) in [7, 11) is -0.667. The van der Waals surface area contributed by atoms with E-state index in [4.69, 9.17) is 18.6 Å². The Bertz CT molecular complexity index is 475. The van der Waals surface area contributed by atoms with Crippen molar-refractivity contribution in [3.63, 3.8) is 0 Å². The summed E-state index contributed by atoms with van der Waals surface area (Å²) in [6.45, 7) is 15.9. The molecule has 4 rings (SSSR count). The standard InChI is InChI=1S/2C9H16BFO2/c2*1-8(2)9(3,4)13-10(12-8)6-5-7(6)11/h2*6-7H,5H2,1-4H3/t2*6-,7-/m10/s1. The molecule has 0 unspecified atom stereocenters. The molecule has 0 N–H and O–H groups in total. The molecule has 0 aromatic heterocycles. The van der Waals surface area contributed by atoms with Gasteiger partial charge < -0.3 is 18.6 Å². The monoisotopic (exact) mass is 372 g/mol. The summed E-state index contributed by atoms with van der Waals surface area (Å²) in [6, 6.07) is 0. The van der Waals surface area contributed by atoms with Crippen molar-refractivity contribution in [1.82, 2.24) is 0 Å². The van der Waals surface area contributed by atoms with Gasteiger partial charge in [0.15, 0.2) is 0 Å². The molecule has 0 aromatic rings. The lowest BCUT2D eigenvalue weighted by Gasteiger charge is -2.32. The number of hydrogen-bond donors (Lipinski definition) is 0. The Morgan fingerprint density at radius 2 is 0.769 bits per heavy atom. The first-order chi connectivity index (χ1) is 11.7. The van der Waals surface area contributed by atoms with Crippen LogP contribution in [0.3, 0.4) is 0 Å². The van der Waals surface area contributed by atoms with Crippen LogP contribution < -0.4 is 0 Å². The van der Waals surface area contributed by atoms with Crippen LogP contribution in [0, 0.1) is 0 Å². The van der Waals surface area contributed by atoms with Crippen LogP contribution in [0.4, 0.5) is 8.78 Å². The number of alkyl halides is 2. The van der Waals surface area contributed by atoms with Gasteiger partial charge in [0, 0.05) is 11.6 Å². The van der Waals surface area contributed by atoms with Crippen LogP contribution in [0.25, 0.3) is 0 Å². The summed E-state index contributed by atoms with van der Waals surface area (Å²) >= 11 is 0. The maximum atomic E-state index is 12.8. The summed E-state index contributed by atoms with van der Waals surface area (Å²) in [5.74, 6) is -0.0536. The summed E-state index contributed by atoms with van der Waals surface area (Å²) in [6.07, 6.45) is -0.238. The van der Waals surface area contributed by atoms with Crippen molar-refractivity contribution in [2.45, 2.75) is 115 Å². The van der Waals surface area contributed by atoms with Crippen molar-refractivity contribution in [2.24, 2.45) is 0 Å². The summed E-state index contributed by atoms with van der Waals surface area (Å²) in [4.78, 5) is 0. The number of rotatable bonds is 2. The van der Waals surface area contributed by atoms with Gasteiger partial charge in [0.2, 0.25) is 0 Å². The highest BCUT2D eigenvalue weighted by Crippen LogP contribution is 2.51. The van der Waals surface area contributed by atoms with Crippen molar-refractivity contribution in [3.8, 4) is 0 Å². The van der Waals surface area contributed by atoms with Gasteiger partial charge in [-0.1, -0.05) is 0 Å². The fourth-order valence-corrected chi connectivity index (χ4v) is 3.05. The molecule has 2 aliphatic carbocycles. The Morgan fingerprint density at radius 1 is 0.577 bits per heavy atom. The second kappa shape index (κ2) is 6.16. The fourth-order valence-electron chi connectivity index (χ4n) is 3.05. The molecule has 0 aromatic carbocycles. The maximum Gasteiger partial charge on any atom is 0.464 e. The quantitative estimate of drug-likeness (QED) is 0.675.